The molecule has 2 rings (SSSR count). The Morgan fingerprint density at radius 2 is 1.67 bits per heavy atom. The molecule has 0 unspecified atom stereocenters. The molecule has 1 heterocycles. The molecule has 0 spiro atoms. The lowest BCUT2D eigenvalue weighted by atomic mass is 9.69. The third-order valence-electron chi connectivity index (χ3n) is 4.85. The highest BCUT2D eigenvalue weighted by molar-refractivity contribution is 5.75. The van der Waals surface area contributed by atoms with Crippen molar-refractivity contribution in [2.24, 2.45) is 11.3 Å². The van der Waals surface area contributed by atoms with Crippen LogP contribution < -0.4 is 0 Å². The lowest BCUT2D eigenvalue weighted by Crippen LogP contribution is -2.46. The van der Waals surface area contributed by atoms with Crippen LogP contribution >= 0.6 is 0 Å². The molecule has 5 nitrogen and oxygen atoms in total. The minimum Gasteiger partial charge on any atom is -0.481 e. The van der Waals surface area contributed by atoms with Crippen molar-refractivity contribution in [1.29, 1.82) is 0 Å². The normalized spacial score (nSPS) is 23.1. The lowest BCUT2D eigenvalue weighted by molar-refractivity contribution is -0.153. The zero-order valence-corrected chi connectivity index (χ0v) is 13.4. The Labute approximate surface area is 126 Å². The summed E-state index contributed by atoms with van der Waals surface area (Å²) >= 11 is 0. The van der Waals surface area contributed by atoms with E-state index < -0.39 is 17.0 Å². The van der Waals surface area contributed by atoms with Gasteiger partial charge in [-0.25, -0.2) is 4.79 Å². The molecule has 5 heteroatoms. The van der Waals surface area contributed by atoms with Crippen LogP contribution in [0.4, 0.5) is 4.79 Å². The van der Waals surface area contributed by atoms with Gasteiger partial charge < -0.3 is 14.7 Å². The van der Waals surface area contributed by atoms with Crippen LogP contribution in [-0.4, -0.2) is 40.8 Å². The van der Waals surface area contributed by atoms with Crippen LogP contribution in [0.2, 0.25) is 0 Å². The standard InChI is InChI=1S/C16H27NO4/c1-15(2,3)21-14(20)17-10-6-12(7-11-17)16(13(18)19)8-4-5-9-16/h12H,4-11H2,1-3H3,(H,18,19). The van der Waals surface area contributed by atoms with E-state index >= 15 is 0 Å². The van der Waals surface area contributed by atoms with E-state index in [2.05, 4.69) is 0 Å². The van der Waals surface area contributed by atoms with Crippen LogP contribution in [0.15, 0.2) is 0 Å². The van der Waals surface area contributed by atoms with Crippen LogP contribution in [0.3, 0.4) is 0 Å². The van der Waals surface area contributed by atoms with Crippen LogP contribution in [0.25, 0.3) is 0 Å². The van der Waals surface area contributed by atoms with Gasteiger partial charge in [0.2, 0.25) is 0 Å². The third-order valence-corrected chi connectivity index (χ3v) is 4.85. The van der Waals surface area contributed by atoms with Gasteiger partial charge in [-0.3, -0.25) is 4.79 Å². The number of piperidine rings is 1. The monoisotopic (exact) mass is 297 g/mol. The summed E-state index contributed by atoms with van der Waals surface area (Å²) in [6, 6.07) is 0. The molecule has 21 heavy (non-hydrogen) atoms. The molecule has 120 valence electrons. The maximum absolute atomic E-state index is 12.0. The second-order valence-corrected chi connectivity index (χ2v) is 7.41. The second kappa shape index (κ2) is 5.85. The fourth-order valence-electron chi connectivity index (χ4n) is 3.74. The average molecular weight is 297 g/mol. The molecule has 0 bridgehead atoms. The molecule has 0 aromatic heterocycles. The number of hydrogen-bond acceptors (Lipinski definition) is 3. The maximum atomic E-state index is 12.0. The maximum Gasteiger partial charge on any atom is 0.410 e. The van der Waals surface area contributed by atoms with Crippen molar-refractivity contribution in [2.45, 2.75) is 64.9 Å². The van der Waals surface area contributed by atoms with Crippen LogP contribution in [0, 0.1) is 11.3 Å². The molecule has 1 aliphatic carbocycles. The van der Waals surface area contributed by atoms with E-state index in [1.54, 1.807) is 4.90 Å². The van der Waals surface area contributed by atoms with Gasteiger partial charge in [-0.1, -0.05) is 12.8 Å². The van der Waals surface area contributed by atoms with E-state index in [0.717, 1.165) is 38.5 Å². The lowest BCUT2D eigenvalue weighted by Gasteiger charge is -2.40. The van der Waals surface area contributed by atoms with Crippen molar-refractivity contribution in [3.05, 3.63) is 0 Å². The molecule has 1 saturated carbocycles. The van der Waals surface area contributed by atoms with Crippen molar-refractivity contribution in [1.82, 2.24) is 4.90 Å². The summed E-state index contributed by atoms with van der Waals surface area (Å²) in [5, 5.41) is 9.64. The van der Waals surface area contributed by atoms with Gasteiger partial charge in [0.15, 0.2) is 0 Å². The van der Waals surface area contributed by atoms with E-state index in [1.165, 1.54) is 0 Å². The highest BCUT2D eigenvalue weighted by Gasteiger charge is 2.48. The first-order chi connectivity index (χ1) is 9.74. The van der Waals surface area contributed by atoms with Gasteiger partial charge in [0.1, 0.15) is 5.60 Å². The Kier molecular flexibility index (Phi) is 4.49. The molecule has 2 aliphatic rings. The Hall–Kier alpha value is -1.26. The van der Waals surface area contributed by atoms with Gasteiger partial charge in [0.05, 0.1) is 5.41 Å². The van der Waals surface area contributed by atoms with Crippen molar-refractivity contribution < 1.29 is 19.4 Å². The van der Waals surface area contributed by atoms with Gasteiger partial charge in [-0.2, -0.15) is 0 Å². The van der Waals surface area contributed by atoms with Crippen molar-refractivity contribution in [2.75, 3.05) is 13.1 Å². The van der Waals surface area contributed by atoms with E-state index in [4.69, 9.17) is 4.74 Å². The Morgan fingerprint density at radius 1 is 1.14 bits per heavy atom. The number of aliphatic carboxylic acids is 1. The number of carbonyl (C=O) groups excluding carboxylic acids is 1. The molecule has 0 aromatic rings. The minimum atomic E-state index is -0.643. The molecular weight excluding hydrogens is 270 g/mol. The molecule has 0 aromatic carbocycles. The number of nitrogens with zero attached hydrogens (tertiary/aromatic N) is 1. The first-order valence-electron chi connectivity index (χ1n) is 7.96. The summed E-state index contributed by atoms with van der Waals surface area (Å²) in [6.07, 6.45) is 4.87. The topological polar surface area (TPSA) is 66.8 Å². The molecule has 0 atom stereocenters. The fourth-order valence-corrected chi connectivity index (χ4v) is 3.74. The minimum absolute atomic E-state index is 0.191. The highest BCUT2D eigenvalue weighted by Crippen LogP contribution is 2.48. The fraction of sp³-hybridized carbons (Fsp3) is 0.875. The molecule has 1 N–H and O–H groups in total. The summed E-state index contributed by atoms with van der Waals surface area (Å²) in [5.41, 5.74) is -1.03. The van der Waals surface area contributed by atoms with Crippen molar-refractivity contribution >= 4 is 12.1 Å². The zero-order valence-electron chi connectivity index (χ0n) is 13.4. The first-order valence-corrected chi connectivity index (χ1v) is 7.96. The van der Waals surface area contributed by atoms with Gasteiger partial charge in [0.25, 0.3) is 0 Å². The van der Waals surface area contributed by atoms with Crippen molar-refractivity contribution in [3.8, 4) is 0 Å². The summed E-state index contributed by atoms with van der Waals surface area (Å²) in [4.78, 5) is 25.5. The molecule has 1 amide bonds. The number of amides is 1. The number of likely N-dealkylation sites (tertiary alicyclic amines) is 1. The van der Waals surface area contributed by atoms with Gasteiger partial charge in [0, 0.05) is 13.1 Å². The number of ether oxygens (including phenoxy) is 1. The van der Waals surface area contributed by atoms with E-state index in [0.29, 0.717) is 13.1 Å². The highest BCUT2D eigenvalue weighted by atomic mass is 16.6. The van der Waals surface area contributed by atoms with E-state index in [-0.39, 0.29) is 12.0 Å². The first kappa shape index (κ1) is 16.1. The average Bonchev–Trinajstić information content (AvgIpc) is 2.87. The molecule has 2 fully saturated rings. The summed E-state index contributed by atoms with van der Waals surface area (Å²) in [5.74, 6) is -0.452. The largest absolute Gasteiger partial charge is 0.481 e. The summed E-state index contributed by atoms with van der Waals surface area (Å²) < 4.78 is 5.38. The van der Waals surface area contributed by atoms with Gasteiger partial charge in [-0.15, -0.1) is 0 Å². The number of carboxylic acids is 1. The number of carbonyl (C=O) groups is 2. The smallest absolute Gasteiger partial charge is 0.410 e. The predicted octanol–water partition coefficient (Wildman–Crippen LogP) is 3.28. The number of carboxylic acid groups (broad SMARTS) is 1. The van der Waals surface area contributed by atoms with Gasteiger partial charge >= 0.3 is 12.1 Å². The zero-order chi connectivity index (χ0) is 15.7. The molecule has 1 aliphatic heterocycles. The Bertz CT molecular complexity index is 399. The molecule has 0 radical (unpaired) electrons. The Morgan fingerprint density at radius 3 is 2.10 bits per heavy atom. The predicted molar refractivity (Wildman–Crippen MR) is 79.1 cm³/mol. The summed E-state index contributed by atoms with van der Waals surface area (Å²) in [6.45, 7) is 6.78. The SMILES string of the molecule is CC(C)(C)OC(=O)N1CCC(C2(C(=O)O)CCCC2)CC1. The number of rotatable bonds is 2. The van der Waals surface area contributed by atoms with Crippen LogP contribution in [0.1, 0.15) is 59.3 Å². The molecule has 1 saturated heterocycles. The van der Waals surface area contributed by atoms with E-state index in [9.17, 15) is 14.7 Å². The Balaban J connectivity index is 1.94. The van der Waals surface area contributed by atoms with Gasteiger partial charge in [-0.05, 0) is 52.4 Å². The number of hydrogen-bond donors (Lipinski definition) is 1. The van der Waals surface area contributed by atoms with E-state index in [1.807, 2.05) is 20.8 Å². The van der Waals surface area contributed by atoms with Crippen LogP contribution in [-0.2, 0) is 9.53 Å². The third kappa shape index (κ3) is 3.50. The molecular formula is C16H27NO4. The van der Waals surface area contributed by atoms with Crippen molar-refractivity contribution in [3.63, 3.8) is 0 Å². The quantitative estimate of drug-likeness (QED) is 0.849. The summed E-state index contributed by atoms with van der Waals surface area (Å²) in [7, 11) is 0. The second-order valence-electron chi connectivity index (χ2n) is 7.41. The van der Waals surface area contributed by atoms with Crippen LogP contribution in [0.5, 0.6) is 0 Å².